The molecule has 0 aliphatic carbocycles. The Morgan fingerprint density at radius 2 is 1.79 bits per heavy atom. The van der Waals surface area contributed by atoms with Crippen molar-refractivity contribution < 1.29 is 4.79 Å². The van der Waals surface area contributed by atoms with Gasteiger partial charge in [0.1, 0.15) is 9.53 Å². The van der Waals surface area contributed by atoms with Crippen molar-refractivity contribution in [3.63, 3.8) is 0 Å². The van der Waals surface area contributed by atoms with Gasteiger partial charge in [-0.25, -0.2) is 9.97 Å². The normalized spacial score (nSPS) is 11.2. The van der Waals surface area contributed by atoms with Gasteiger partial charge in [0, 0.05) is 17.3 Å². The third kappa shape index (κ3) is 4.60. The predicted molar refractivity (Wildman–Crippen MR) is 140 cm³/mol. The molecule has 0 radical (unpaired) electrons. The third-order valence-electron chi connectivity index (χ3n) is 5.48. The SMILES string of the molecule is CCc1ccc(Cn2c(SCC(=O)Nc3ccccc3)nc3c(sc4ncccc43)c2=O)cc1. The molecule has 3 aromatic heterocycles. The van der Waals surface area contributed by atoms with Gasteiger partial charge in [0.05, 0.1) is 17.8 Å². The molecule has 0 fully saturated rings. The Labute approximate surface area is 204 Å². The Balaban J connectivity index is 1.51. The number of anilines is 1. The van der Waals surface area contributed by atoms with Crippen molar-refractivity contribution in [2.45, 2.75) is 25.0 Å². The number of aromatic nitrogens is 3. The molecule has 5 rings (SSSR count). The van der Waals surface area contributed by atoms with E-state index in [4.69, 9.17) is 4.98 Å². The number of carbonyl (C=O) groups is 1. The van der Waals surface area contributed by atoms with Gasteiger partial charge in [-0.2, -0.15) is 0 Å². The van der Waals surface area contributed by atoms with Crippen molar-refractivity contribution in [1.82, 2.24) is 14.5 Å². The molecule has 0 spiro atoms. The molecule has 0 aliphatic heterocycles. The first-order valence-corrected chi connectivity index (χ1v) is 12.8. The highest BCUT2D eigenvalue weighted by Gasteiger charge is 2.18. The lowest BCUT2D eigenvalue weighted by Gasteiger charge is -2.13. The van der Waals surface area contributed by atoms with Crippen molar-refractivity contribution in [3.05, 3.63) is 94.4 Å². The lowest BCUT2D eigenvalue weighted by atomic mass is 10.1. The molecule has 0 saturated carbocycles. The van der Waals surface area contributed by atoms with Crippen LogP contribution in [0.15, 0.2) is 82.9 Å². The first-order chi connectivity index (χ1) is 16.6. The maximum atomic E-state index is 13.6. The van der Waals surface area contributed by atoms with Crippen LogP contribution in [0.4, 0.5) is 5.69 Å². The fourth-order valence-electron chi connectivity index (χ4n) is 3.70. The fourth-order valence-corrected chi connectivity index (χ4v) is 5.53. The molecule has 170 valence electrons. The van der Waals surface area contributed by atoms with Crippen LogP contribution < -0.4 is 10.9 Å². The number of nitrogens with zero attached hydrogens (tertiary/aromatic N) is 3. The Morgan fingerprint density at radius 3 is 2.56 bits per heavy atom. The molecule has 2 aromatic carbocycles. The topological polar surface area (TPSA) is 76.9 Å². The maximum Gasteiger partial charge on any atom is 0.272 e. The van der Waals surface area contributed by atoms with Crippen LogP contribution in [0.1, 0.15) is 18.1 Å². The van der Waals surface area contributed by atoms with Crippen LogP contribution in [0, 0.1) is 0 Å². The second-order valence-corrected chi connectivity index (χ2v) is 9.74. The molecule has 0 saturated heterocycles. The van der Waals surface area contributed by atoms with Crippen LogP contribution in [0.25, 0.3) is 20.4 Å². The van der Waals surface area contributed by atoms with Crippen molar-refractivity contribution in [2.75, 3.05) is 11.1 Å². The number of rotatable bonds is 7. The molecule has 1 N–H and O–H groups in total. The average molecular weight is 487 g/mol. The lowest BCUT2D eigenvalue weighted by Crippen LogP contribution is -2.24. The molecule has 5 aromatic rings. The molecule has 3 heterocycles. The number of fused-ring (bicyclic) bond motifs is 3. The number of amides is 1. The van der Waals surface area contributed by atoms with Crippen LogP contribution in [-0.2, 0) is 17.8 Å². The zero-order valence-electron chi connectivity index (χ0n) is 18.5. The second-order valence-electron chi connectivity index (χ2n) is 7.79. The van der Waals surface area contributed by atoms with Gasteiger partial charge < -0.3 is 5.32 Å². The summed E-state index contributed by atoms with van der Waals surface area (Å²) in [6, 6.07) is 21.3. The van der Waals surface area contributed by atoms with Gasteiger partial charge >= 0.3 is 0 Å². The molecular weight excluding hydrogens is 464 g/mol. The van der Waals surface area contributed by atoms with E-state index in [0.717, 1.165) is 27.9 Å². The van der Waals surface area contributed by atoms with Gasteiger partial charge in [0.25, 0.3) is 5.56 Å². The molecular formula is C26H22N4O2S2. The number of aryl methyl sites for hydroxylation is 1. The quantitative estimate of drug-likeness (QED) is 0.248. The van der Waals surface area contributed by atoms with E-state index >= 15 is 0 Å². The smallest absolute Gasteiger partial charge is 0.272 e. The first-order valence-electron chi connectivity index (χ1n) is 11.0. The number of thiophene rings is 1. The van der Waals surface area contributed by atoms with Gasteiger partial charge in [0.2, 0.25) is 5.91 Å². The van der Waals surface area contributed by atoms with Gasteiger partial charge in [0.15, 0.2) is 5.16 Å². The molecule has 0 unspecified atom stereocenters. The van der Waals surface area contributed by atoms with Gasteiger partial charge in [-0.15, -0.1) is 11.3 Å². The van der Waals surface area contributed by atoms with Gasteiger partial charge in [-0.3, -0.25) is 14.2 Å². The molecule has 0 atom stereocenters. The standard InChI is InChI=1S/C26H22N4O2S2/c1-2-17-10-12-18(13-11-17)15-30-25(32)23-22(20-9-6-14-27-24(20)34-23)29-26(30)33-16-21(31)28-19-7-4-3-5-8-19/h3-14H,2,15-16H2,1H3,(H,28,31). The van der Waals surface area contributed by atoms with Crippen molar-refractivity contribution in [1.29, 1.82) is 0 Å². The molecule has 0 bridgehead atoms. The predicted octanol–water partition coefficient (Wildman–Crippen LogP) is 5.35. The Hall–Kier alpha value is -3.49. The summed E-state index contributed by atoms with van der Waals surface area (Å²) in [5.74, 6) is -0.0108. The molecule has 0 aliphatic rings. The van der Waals surface area contributed by atoms with Crippen LogP contribution in [0.2, 0.25) is 0 Å². The van der Waals surface area contributed by atoms with Crippen LogP contribution in [0.3, 0.4) is 0 Å². The first kappa shape index (κ1) is 22.3. The Kier molecular flexibility index (Phi) is 6.42. The van der Waals surface area contributed by atoms with Crippen molar-refractivity contribution in [2.24, 2.45) is 0 Å². The number of thioether (sulfide) groups is 1. The van der Waals surface area contributed by atoms with Crippen LogP contribution >= 0.6 is 23.1 Å². The van der Waals surface area contributed by atoms with Crippen LogP contribution in [0.5, 0.6) is 0 Å². The second kappa shape index (κ2) is 9.79. The fraction of sp³-hybridized carbons (Fsp3) is 0.154. The highest BCUT2D eigenvalue weighted by molar-refractivity contribution is 7.99. The monoisotopic (exact) mass is 486 g/mol. The molecule has 8 heteroatoms. The highest BCUT2D eigenvalue weighted by atomic mass is 32.2. The molecule has 6 nitrogen and oxygen atoms in total. The van der Waals surface area contributed by atoms with E-state index in [1.807, 2.05) is 54.6 Å². The summed E-state index contributed by atoms with van der Waals surface area (Å²) in [6.07, 6.45) is 2.68. The van der Waals surface area contributed by atoms with Crippen molar-refractivity contribution >= 4 is 55.1 Å². The Bertz CT molecular complexity index is 1530. The number of carbonyl (C=O) groups excluding carboxylic acids is 1. The van der Waals surface area contributed by atoms with E-state index < -0.39 is 0 Å². The number of para-hydroxylation sites is 1. The number of nitrogens with one attached hydrogen (secondary N) is 1. The summed E-state index contributed by atoms with van der Waals surface area (Å²) >= 11 is 2.62. The summed E-state index contributed by atoms with van der Waals surface area (Å²) in [5, 5.41) is 4.26. The Morgan fingerprint density at radius 1 is 1.03 bits per heavy atom. The van der Waals surface area contributed by atoms with E-state index in [-0.39, 0.29) is 17.2 Å². The summed E-state index contributed by atoms with van der Waals surface area (Å²) in [6.45, 7) is 2.50. The lowest BCUT2D eigenvalue weighted by molar-refractivity contribution is -0.113. The van der Waals surface area contributed by atoms with Crippen molar-refractivity contribution in [3.8, 4) is 0 Å². The van der Waals surface area contributed by atoms with E-state index in [2.05, 4.69) is 29.4 Å². The zero-order valence-corrected chi connectivity index (χ0v) is 20.2. The van der Waals surface area contributed by atoms with E-state index in [1.54, 1.807) is 10.8 Å². The van der Waals surface area contributed by atoms with E-state index in [0.29, 0.717) is 21.9 Å². The molecule has 1 amide bonds. The number of benzene rings is 2. The maximum absolute atomic E-state index is 13.6. The average Bonchev–Trinajstić information content (AvgIpc) is 3.24. The van der Waals surface area contributed by atoms with E-state index in [1.165, 1.54) is 28.7 Å². The minimum absolute atomic E-state index is 0.112. The zero-order chi connectivity index (χ0) is 23.5. The summed E-state index contributed by atoms with van der Waals surface area (Å²) in [4.78, 5) is 36.2. The number of hydrogen-bond acceptors (Lipinski definition) is 6. The van der Waals surface area contributed by atoms with Gasteiger partial charge in [-0.05, 0) is 41.8 Å². The minimum Gasteiger partial charge on any atom is -0.325 e. The van der Waals surface area contributed by atoms with Gasteiger partial charge in [-0.1, -0.05) is 61.2 Å². The largest absolute Gasteiger partial charge is 0.325 e. The van der Waals surface area contributed by atoms with Crippen LogP contribution in [-0.4, -0.2) is 26.2 Å². The molecule has 34 heavy (non-hydrogen) atoms. The number of hydrogen-bond donors (Lipinski definition) is 1. The highest BCUT2D eigenvalue weighted by Crippen LogP contribution is 2.30. The summed E-state index contributed by atoms with van der Waals surface area (Å²) < 4.78 is 2.25. The summed E-state index contributed by atoms with van der Waals surface area (Å²) in [7, 11) is 0. The van der Waals surface area contributed by atoms with E-state index in [9.17, 15) is 9.59 Å². The summed E-state index contributed by atoms with van der Waals surface area (Å²) in [5.41, 5.74) is 3.52. The minimum atomic E-state index is -0.152. The third-order valence-corrected chi connectivity index (χ3v) is 7.55. The number of pyridine rings is 1.